The Bertz CT molecular complexity index is 817. The Morgan fingerprint density at radius 2 is 1.50 bits per heavy atom. The Balaban J connectivity index is 2.04. The van der Waals surface area contributed by atoms with Crippen LogP contribution in [0.4, 0.5) is 5.69 Å². The summed E-state index contributed by atoms with van der Waals surface area (Å²) >= 11 is 5.99. The van der Waals surface area contributed by atoms with Gasteiger partial charge in [-0.05, 0) is 57.0 Å². The van der Waals surface area contributed by atoms with Crippen LogP contribution in [0.15, 0.2) is 42.5 Å². The number of rotatable bonds is 3. The average molecular weight is 372 g/mol. The minimum atomic E-state index is -0.561. The van der Waals surface area contributed by atoms with Gasteiger partial charge in [0.05, 0.1) is 11.2 Å². The summed E-state index contributed by atoms with van der Waals surface area (Å²) in [6.45, 7) is 9.52. The molecule has 0 saturated carbocycles. The Labute approximate surface area is 160 Å². The van der Waals surface area contributed by atoms with Gasteiger partial charge in [-0.15, -0.1) is 0 Å². The van der Waals surface area contributed by atoms with Crippen LogP contribution >= 0.6 is 11.6 Å². The standard InChI is InChI=1S/C20H23BClNO3/c1-13(24)23-18-11-8-15(14-6-9-16(22)10-7-14)12-17(18)21-25-19(2,3)20(4,5)26-21/h6-12H,1-5H3,(H,23,24). The molecule has 0 unspecified atom stereocenters. The van der Waals surface area contributed by atoms with E-state index in [1.54, 1.807) is 0 Å². The highest BCUT2D eigenvalue weighted by atomic mass is 35.5. The highest BCUT2D eigenvalue weighted by Crippen LogP contribution is 2.37. The third-order valence-electron chi connectivity index (χ3n) is 5.05. The zero-order valence-corrected chi connectivity index (χ0v) is 16.5. The topological polar surface area (TPSA) is 47.6 Å². The molecule has 0 radical (unpaired) electrons. The van der Waals surface area contributed by atoms with Crippen molar-refractivity contribution >= 4 is 35.8 Å². The summed E-state index contributed by atoms with van der Waals surface area (Å²) in [4.78, 5) is 11.6. The summed E-state index contributed by atoms with van der Waals surface area (Å²) in [5.41, 5.74) is 2.60. The molecular formula is C20H23BClNO3. The van der Waals surface area contributed by atoms with Crippen molar-refractivity contribution in [2.75, 3.05) is 5.32 Å². The van der Waals surface area contributed by atoms with E-state index in [4.69, 9.17) is 20.9 Å². The van der Waals surface area contributed by atoms with Gasteiger partial charge in [-0.25, -0.2) is 0 Å². The van der Waals surface area contributed by atoms with Crippen LogP contribution in [0, 0.1) is 0 Å². The van der Waals surface area contributed by atoms with Gasteiger partial charge in [0, 0.05) is 23.1 Å². The molecule has 0 aliphatic carbocycles. The van der Waals surface area contributed by atoms with Gasteiger partial charge < -0.3 is 14.6 Å². The monoisotopic (exact) mass is 371 g/mol. The quantitative estimate of drug-likeness (QED) is 0.820. The second-order valence-electron chi connectivity index (χ2n) is 7.58. The number of carbonyl (C=O) groups is 1. The molecule has 2 aromatic carbocycles. The highest BCUT2D eigenvalue weighted by Gasteiger charge is 2.52. The van der Waals surface area contributed by atoms with Crippen molar-refractivity contribution in [1.29, 1.82) is 0 Å². The molecule has 1 saturated heterocycles. The minimum Gasteiger partial charge on any atom is -0.399 e. The van der Waals surface area contributed by atoms with Gasteiger partial charge >= 0.3 is 7.12 Å². The number of hydrogen-bond acceptors (Lipinski definition) is 3. The minimum absolute atomic E-state index is 0.137. The van der Waals surface area contributed by atoms with Crippen molar-refractivity contribution < 1.29 is 14.1 Å². The summed E-state index contributed by atoms with van der Waals surface area (Å²) in [7, 11) is -0.561. The zero-order valence-electron chi connectivity index (χ0n) is 15.7. The second-order valence-corrected chi connectivity index (χ2v) is 8.01. The Hall–Kier alpha value is -1.82. The van der Waals surface area contributed by atoms with E-state index in [0.717, 1.165) is 16.6 Å². The molecule has 2 aromatic rings. The number of anilines is 1. The summed E-state index contributed by atoms with van der Waals surface area (Å²) in [6.07, 6.45) is 0. The number of benzene rings is 2. The lowest BCUT2D eigenvalue weighted by Crippen LogP contribution is -2.41. The van der Waals surface area contributed by atoms with Crippen molar-refractivity contribution in [2.45, 2.75) is 45.8 Å². The fraction of sp³-hybridized carbons (Fsp3) is 0.350. The van der Waals surface area contributed by atoms with Crippen molar-refractivity contribution in [2.24, 2.45) is 0 Å². The van der Waals surface area contributed by atoms with E-state index >= 15 is 0 Å². The van der Waals surface area contributed by atoms with E-state index in [2.05, 4.69) is 5.32 Å². The van der Waals surface area contributed by atoms with Crippen molar-refractivity contribution in [3.05, 3.63) is 47.5 Å². The molecule has 6 heteroatoms. The normalized spacial score (nSPS) is 18.0. The van der Waals surface area contributed by atoms with Gasteiger partial charge in [0.25, 0.3) is 0 Å². The maximum atomic E-state index is 11.6. The molecular weight excluding hydrogens is 348 g/mol. The summed E-state index contributed by atoms with van der Waals surface area (Å²) in [5.74, 6) is -0.137. The molecule has 3 rings (SSSR count). The first-order valence-electron chi connectivity index (χ1n) is 8.62. The van der Waals surface area contributed by atoms with Crippen LogP contribution in [0.1, 0.15) is 34.6 Å². The highest BCUT2D eigenvalue weighted by molar-refractivity contribution is 6.64. The third-order valence-corrected chi connectivity index (χ3v) is 5.30. The lowest BCUT2D eigenvalue weighted by molar-refractivity contribution is -0.114. The van der Waals surface area contributed by atoms with E-state index in [9.17, 15) is 4.79 Å². The number of halogens is 1. The lowest BCUT2D eigenvalue weighted by atomic mass is 9.76. The fourth-order valence-corrected chi connectivity index (χ4v) is 2.98. The molecule has 1 amide bonds. The van der Waals surface area contributed by atoms with Crippen LogP contribution in [0.5, 0.6) is 0 Å². The molecule has 1 heterocycles. The maximum Gasteiger partial charge on any atom is 0.497 e. The van der Waals surface area contributed by atoms with Gasteiger partial charge in [0.1, 0.15) is 0 Å². The first-order chi connectivity index (χ1) is 12.1. The van der Waals surface area contributed by atoms with Crippen LogP contribution in [-0.2, 0) is 14.1 Å². The number of amides is 1. The molecule has 1 aliphatic heterocycles. The van der Waals surface area contributed by atoms with Gasteiger partial charge in [-0.1, -0.05) is 35.9 Å². The predicted molar refractivity (Wildman–Crippen MR) is 107 cm³/mol. The second kappa shape index (κ2) is 6.73. The number of nitrogens with one attached hydrogen (secondary N) is 1. The lowest BCUT2D eigenvalue weighted by Gasteiger charge is -2.32. The van der Waals surface area contributed by atoms with Gasteiger partial charge in [0.2, 0.25) is 5.91 Å². The van der Waals surface area contributed by atoms with E-state index in [-0.39, 0.29) is 5.91 Å². The van der Waals surface area contributed by atoms with Crippen LogP contribution in [0.25, 0.3) is 11.1 Å². The van der Waals surface area contributed by atoms with Gasteiger partial charge in [-0.3, -0.25) is 4.79 Å². The van der Waals surface area contributed by atoms with Crippen molar-refractivity contribution in [1.82, 2.24) is 0 Å². The molecule has 0 aromatic heterocycles. The van der Waals surface area contributed by atoms with Crippen LogP contribution in [0.3, 0.4) is 0 Å². The Morgan fingerprint density at radius 1 is 0.962 bits per heavy atom. The molecule has 1 N–H and O–H groups in total. The van der Waals surface area contributed by atoms with Gasteiger partial charge in [0.15, 0.2) is 0 Å². The summed E-state index contributed by atoms with van der Waals surface area (Å²) < 4.78 is 12.4. The van der Waals surface area contributed by atoms with Crippen LogP contribution in [0.2, 0.25) is 5.02 Å². The predicted octanol–water partition coefficient (Wildman–Crippen LogP) is 4.26. The average Bonchev–Trinajstić information content (AvgIpc) is 2.76. The van der Waals surface area contributed by atoms with E-state index in [0.29, 0.717) is 10.7 Å². The first-order valence-corrected chi connectivity index (χ1v) is 9.00. The smallest absolute Gasteiger partial charge is 0.399 e. The number of carbonyl (C=O) groups excluding carboxylic acids is 1. The van der Waals surface area contributed by atoms with Crippen molar-refractivity contribution in [3.8, 4) is 11.1 Å². The van der Waals surface area contributed by atoms with Crippen LogP contribution in [-0.4, -0.2) is 24.2 Å². The molecule has 136 valence electrons. The first kappa shape index (κ1) is 19.0. The summed E-state index contributed by atoms with van der Waals surface area (Å²) in [5, 5.41) is 3.56. The molecule has 4 nitrogen and oxygen atoms in total. The molecule has 1 aliphatic rings. The third kappa shape index (κ3) is 3.66. The maximum absolute atomic E-state index is 11.6. The molecule has 26 heavy (non-hydrogen) atoms. The van der Waals surface area contributed by atoms with E-state index in [1.165, 1.54) is 6.92 Å². The molecule has 0 spiro atoms. The Morgan fingerprint density at radius 3 is 2.04 bits per heavy atom. The van der Waals surface area contributed by atoms with Crippen LogP contribution < -0.4 is 10.8 Å². The number of hydrogen-bond donors (Lipinski definition) is 1. The molecule has 0 bridgehead atoms. The Kier molecular flexibility index (Phi) is 4.91. The van der Waals surface area contributed by atoms with E-state index < -0.39 is 18.3 Å². The summed E-state index contributed by atoms with van der Waals surface area (Å²) in [6, 6.07) is 13.5. The fourth-order valence-electron chi connectivity index (χ4n) is 2.85. The largest absolute Gasteiger partial charge is 0.497 e. The van der Waals surface area contributed by atoms with Crippen molar-refractivity contribution in [3.63, 3.8) is 0 Å². The molecule has 0 atom stereocenters. The zero-order chi connectivity index (χ0) is 19.1. The SMILES string of the molecule is CC(=O)Nc1ccc(-c2ccc(Cl)cc2)cc1B1OC(C)(C)C(C)(C)O1. The van der Waals surface area contributed by atoms with Gasteiger partial charge in [-0.2, -0.15) is 0 Å². The molecule has 1 fully saturated rings. The van der Waals surface area contributed by atoms with E-state index in [1.807, 2.05) is 70.2 Å².